The fraction of sp³-hybridized carbons (Fsp3) is 0.345. The van der Waals surface area contributed by atoms with Gasteiger partial charge in [0.2, 0.25) is 10.0 Å². The van der Waals surface area contributed by atoms with Gasteiger partial charge in [-0.05, 0) is 49.2 Å². The van der Waals surface area contributed by atoms with Gasteiger partial charge in [0.15, 0.2) is 6.10 Å². The highest BCUT2D eigenvalue weighted by Crippen LogP contribution is 2.32. The predicted molar refractivity (Wildman–Crippen MR) is 148 cm³/mol. The number of rotatable bonds is 10. The third-order valence-corrected chi connectivity index (χ3v) is 8.61. The van der Waals surface area contributed by atoms with E-state index in [1.807, 2.05) is 60.7 Å². The van der Waals surface area contributed by atoms with E-state index in [-0.39, 0.29) is 10.8 Å². The molecule has 8 nitrogen and oxygen atoms in total. The van der Waals surface area contributed by atoms with Gasteiger partial charge < -0.3 is 19.3 Å². The fourth-order valence-corrected chi connectivity index (χ4v) is 5.68. The monoisotopic (exact) mass is 537 g/mol. The van der Waals surface area contributed by atoms with Crippen molar-refractivity contribution in [1.29, 1.82) is 0 Å². The minimum absolute atomic E-state index is 0.0724. The predicted octanol–water partition coefficient (Wildman–Crippen LogP) is 3.67. The normalized spacial score (nSPS) is 14.8. The summed E-state index contributed by atoms with van der Waals surface area (Å²) in [5, 5.41) is 0. The van der Waals surface area contributed by atoms with E-state index in [9.17, 15) is 13.2 Å². The first-order valence-electron chi connectivity index (χ1n) is 12.7. The Bertz CT molecular complexity index is 1310. The number of sulfonamides is 1. The van der Waals surface area contributed by atoms with Gasteiger partial charge in [0, 0.05) is 39.8 Å². The number of benzene rings is 3. The highest BCUT2D eigenvalue weighted by atomic mass is 32.2. The number of carbonyl (C=O) groups is 1. The van der Waals surface area contributed by atoms with Crippen molar-refractivity contribution < 1.29 is 22.7 Å². The quantitative estimate of drug-likeness (QED) is 0.393. The van der Waals surface area contributed by atoms with Crippen LogP contribution in [-0.4, -0.2) is 76.5 Å². The summed E-state index contributed by atoms with van der Waals surface area (Å²) in [6.07, 6.45) is 0.0282. The summed E-state index contributed by atoms with van der Waals surface area (Å²) in [5.41, 5.74) is 1.78. The maximum absolute atomic E-state index is 13.4. The summed E-state index contributed by atoms with van der Waals surface area (Å²) >= 11 is 0. The van der Waals surface area contributed by atoms with Gasteiger partial charge in [0.1, 0.15) is 11.5 Å². The highest BCUT2D eigenvalue weighted by molar-refractivity contribution is 7.89. The number of nitrogens with zero attached hydrogens (tertiary/aromatic N) is 3. The molecule has 202 valence electrons. The largest absolute Gasteiger partial charge is 0.495 e. The number of likely N-dealkylation sites (N-methyl/N-ethyl adjacent to an activating group) is 1. The zero-order chi connectivity index (χ0) is 27.1. The van der Waals surface area contributed by atoms with Crippen LogP contribution in [0, 0.1) is 0 Å². The maximum Gasteiger partial charge on any atom is 0.263 e. The zero-order valence-electron chi connectivity index (χ0n) is 22.1. The van der Waals surface area contributed by atoms with Crippen molar-refractivity contribution in [2.45, 2.75) is 24.3 Å². The van der Waals surface area contributed by atoms with Gasteiger partial charge >= 0.3 is 0 Å². The molecule has 3 aromatic carbocycles. The van der Waals surface area contributed by atoms with Gasteiger partial charge in [-0.15, -0.1) is 0 Å². The average Bonchev–Trinajstić information content (AvgIpc) is 2.96. The SMILES string of the molecule is COc1ccc(S(=O)(=O)N(C)CCc2ccccc2)cc1N1CCN(C(=O)C(C)Oc2ccccc2)CC1. The molecule has 3 aromatic rings. The molecule has 1 aliphatic rings. The number of hydrogen-bond donors (Lipinski definition) is 0. The van der Waals surface area contributed by atoms with Crippen LogP contribution in [0.1, 0.15) is 12.5 Å². The molecule has 0 spiro atoms. The summed E-state index contributed by atoms with van der Waals surface area (Å²) in [6.45, 7) is 4.23. The Balaban J connectivity index is 1.42. The number of para-hydroxylation sites is 1. The number of hydrogen-bond acceptors (Lipinski definition) is 6. The Morgan fingerprint density at radius 3 is 2.21 bits per heavy atom. The summed E-state index contributed by atoms with van der Waals surface area (Å²) in [4.78, 5) is 17.0. The molecular weight excluding hydrogens is 502 g/mol. The molecule has 1 amide bonds. The molecule has 1 fully saturated rings. The third-order valence-electron chi connectivity index (χ3n) is 6.75. The van der Waals surface area contributed by atoms with Crippen LogP contribution in [-0.2, 0) is 21.2 Å². The topological polar surface area (TPSA) is 79.4 Å². The van der Waals surface area contributed by atoms with Gasteiger partial charge in [0.25, 0.3) is 5.91 Å². The van der Waals surface area contributed by atoms with Crippen molar-refractivity contribution in [1.82, 2.24) is 9.21 Å². The molecule has 4 rings (SSSR count). The number of ether oxygens (including phenoxy) is 2. The van der Waals surface area contributed by atoms with Crippen LogP contribution in [0.4, 0.5) is 5.69 Å². The van der Waals surface area contributed by atoms with Crippen LogP contribution in [0.2, 0.25) is 0 Å². The second-order valence-corrected chi connectivity index (χ2v) is 11.3. The van der Waals surface area contributed by atoms with E-state index in [4.69, 9.17) is 9.47 Å². The van der Waals surface area contributed by atoms with Crippen LogP contribution in [0.3, 0.4) is 0 Å². The summed E-state index contributed by atoms with van der Waals surface area (Å²) < 4.78 is 39.5. The second-order valence-electron chi connectivity index (χ2n) is 9.28. The van der Waals surface area contributed by atoms with Crippen LogP contribution < -0.4 is 14.4 Å². The molecule has 1 atom stereocenters. The van der Waals surface area contributed by atoms with Crippen molar-refractivity contribution in [2.75, 3.05) is 51.8 Å². The third kappa shape index (κ3) is 6.46. The van der Waals surface area contributed by atoms with Crippen molar-refractivity contribution in [3.63, 3.8) is 0 Å². The van der Waals surface area contributed by atoms with Crippen molar-refractivity contribution >= 4 is 21.6 Å². The lowest BCUT2D eigenvalue weighted by Gasteiger charge is -2.37. The first-order valence-corrected chi connectivity index (χ1v) is 14.2. The first kappa shape index (κ1) is 27.5. The Morgan fingerprint density at radius 2 is 1.58 bits per heavy atom. The molecule has 1 heterocycles. The van der Waals surface area contributed by atoms with Crippen LogP contribution >= 0.6 is 0 Å². The molecule has 0 radical (unpaired) electrons. The smallest absolute Gasteiger partial charge is 0.263 e. The number of methoxy groups -OCH3 is 1. The van der Waals surface area contributed by atoms with Gasteiger partial charge in [-0.1, -0.05) is 48.5 Å². The van der Waals surface area contributed by atoms with Gasteiger partial charge in [-0.2, -0.15) is 0 Å². The Morgan fingerprint density at radius 1 is 0.947 bits per heavy atom. The van der Waals surface area contributed by atoms with Crippen LogP contribution in [0.15, 0.2) is 83.8 Å². The summed E-state index contributed by atoms with van der Waals surface area (Å²) in [5.74, 6) is 1.18. The molecule has 0 bridgehead atoms. The van der Waals surface area contributed by atoms with Crippen LogP contribution in [0.25, 0.3) is 0 Å². The number of amides is 1. The summed E-state index contributed by atoms with van der Waals surface area (Å²) in [6, 6.07) is 24.1. The number of carbonyl (C=O) groups excluding carboxylic acids is 1. The first-order chi connectivity index (χ1) is 18.3. The molecule has 1 aliphatic heterocycles. The number of anilines is 1. The summed E-state index contributed by atoms with van der Waals surface area (Å²) in [7, 11) is -0.517. The Kier molecular flexibility index (Phi) is 8.91. The van der Waals surface area contributed by atoms with E-state index >= 15 is 0 Å². The molecule has 0 aliphatic carbocycles. The van der Waals surface area contributed by atoms with Gasteiger partial charge in [-0.3, -0.25) is 4.79 Å². The van der Waals surface area contributed by atoms with E-state index < -0.39 is 16.1 Å². The Labute approximate surface area is 225 Å². The van der Waals surface area contributed by atoms with Gasteiger partial charge in [-0.25, -0.2) is 12.7 Å². The van der Waals surface area contributed by atoms with E-state index in [1.54, 1.807) is 44.2 Å². The molecular formula is C29H35N3O5S. The fourth-order valence-electron chi connectivity index (χ4n) is 4.49. The molecule has 0 aromatic heterocycles. The van der Waals surface area contributed by atoms with Gasteiger partial charge in [0.05, 0.1) is 17.7 Å². The number of piperazine rings is 1. The van der Waals surface area contributed by atoms with Crippen molar-refractivity contribution in [3.05, 3.63) is 84.4 Å². The molecule has 38 heavy (non-hydrogen) atoms. The molecule has 0 saturated carbocycles. The standard InChI is InChI=1S/C29H35N3O5S/c1-23(37-25-12-8-5-9-13-25)29(33)32-20-18-31(19-21-32)27-22-26(14-15-28(27)36-3)38(34,35)30(2)17-16-24-10-6-4-7-11-24/h4-15,22-23H,16-21H2,1-3H3. The van der Waals surface area contributed by atoms with Crippen molar-refractivity contribution in [3.8, 4) is 11.5 Å². The minimum atomic E-state index is -3.69. The second kappa shape index (κ2) is 12.3. The van der Waals surface area contributed by atoms with E-state index in [2.05, 4.69) is 4.90 Å². The van der Waals surface area contributed by atoms with E-state index in [0.29, 0.717) is 56.3 Å². The average molecular weight is 538 g/mol. The van der Waals surface area contributed by atoms with E-state index in [1.165, 1.54) is 4.31 Å². The Hall–Kier alpha value is -3.56. The minimum Gasteiger partial charge on any atom is -0.495 e. The molecule has 1 saturated heterocycles. The highest BCUT2D eigenvalue weighted by Gasteiger charge is 2.29. The lowest BCUT2D eigenvalue weighted by atomic mass is 10.2. The maximum atomic E-state index is 13.4. The molecule has 0 N–H and O–H groups in total. The van der Waals surface area contributed by atoms with E-state index in [0.717, 1.165) is 5.56 Å². The lowest BCUT2D eigenvalue weighted by molar-refractivity contribution is -0.138. The molecule has 9 heteroatoms. The zero-order valence-corrected chi connectivity index (χ0v) is 22.9. The lowest BCUT2D eigenvalue weighted by Crippen LogP contribution is -2.52. The molecule has 1 unspecified atom stereocenters. The van der Waals surface area contributed by atoms with Crippen molar-refractivity contribution in [2.24, 2.45) is 0 Å². The van der Waals surface area contributed by atoms with Crippen LogP contribution in [0.5, 0.6) is 11.5 Å².